The molecule has 5 heteroatoms. The summed E-state index contributed by atoms with van der Waals surface area (Å²) in [5, 5.41) is 3.32. The molecule has 0 saturated carbocycles. The van der Waals surface area contributed by atoms with Gasteiger partial charge >= 0.3 is 0 Å². The van der Waals surface area contributed by atoms with Crippen LogP contribution in [0.2, 0.25) is 0 Å². The average molecular weight is 344 g/mol. The lowest BCUT2D eigenvalue weighted by molar-refractivity contribution is 0.0707. The molecule has 0 N–H and O–H groups in total. The Labute approximate surface area is 147 Å². The summed E-state index contributed by atoms with van der Waals surface area (Å²) in [5.41, 5.74) is 3.00. The van der Waals surface area contributed by atoms with Gasteiger partial charge < -0.3 is 9.64 Å². The number of nitrogens with zero attached hydrogens (tertiary/aromatic N) is 2. The summed E-state index contributed by atoms with van der Waals surface area (Å²) in [7, 11) is 1.68. The molecule has 2 heterocycles. The first kappa shape index (κ1) is 17.1. The van der Waals surface area contributed by atoms with Crippen LogP contribution >= 0.6 is 11.3 Å². The van der Waals surface area contributed by atoms with Crippen LogP contribution in [0.25, 0.3) is 0 Å². The number of carbonyl (C=O) groups excluding carboxylic acids is 1. The largest absolute Gasteiger partial charge is 0.380 e. The Morgan fingerprint density at radius 2 is 2.17 bits per heavy atom. The first-order chi connectivity index (χ1) is 11.7. The van der Waals surface area contributed by atoms with Crippen LogP contribution in [-0.2, 0) is 17.8 Å². The highest BCUT2D eigenvalue weighted by molar-refractivity contribution is 7.09. The molecular formula is C19H24N2O2S. The van der Waals surface area contributed by atoms with Gasteiger partial charge in [0.2, 0.25) is 0 Å². The summed E-state index contributed by atoms with van der Waals surface area (Å²) >= 11 is 1.73. The SMILES string of the molecule is CCc1csc([C@H]2CCCN(C(=O)c3ccc(COC)cc3)C2)n1. The van der Waals surface area contributed by atoms with Gasteiger partial charge in [-0.15, -0.1) is 11.3 Å². The highest BCUT2D eigenvalue weighted by Gasteiger charge is 2.27. The van der Waals surface area contributed by atoms with Crippen molar-refractivity contribution in [3.05, 3.63) is 51.5 Å². The van der Waals surface area contributed by atoms with Gasteiger partial charge in [-0.2, -0.15) is 0 Å². The summed E-state index contributed by atoms with van der Waals surface area (Å²) in [5.74, 6) is 0.497. The van der Waals surface area contributed by atoms with Gasteiger partial charge in [-0.05, 0) is 37.0 Å². The molecule has 1 aromatic heterocycles. The van der Waals surface area contributed by atoms with E-state index in [1.165, 1.54) is 5.01 Å². The van der Waals surface area contributed by atoms with Crippen molar-refractivity contribution in [3.8, 4) is 0 Å². The molecule has 0 aliphatic carbocycles. The fourth-order valence-corrected chi connectivity index (χ4v) is 4.16. The van der Waals surface area contributed by atoms with Crippen molar-refractivity contribution in [3.63, 3.8) is 0 Å². The zero-order valence-corrected chi connectivity index (χ0v) is 15.1. The number of methoxy groups -OCH3 is 1. The number of carbonyl (C=O) groups is 1. The fraction of sp³-hybridized carbons (Fsp3) is 0.474. The molecule has 0 radical (unpaired) electrons. The number of amides is 1. The van der Waals surface area contributed by atoms with Crippen molar-refractivity contribution >= 4 is 17.2 Å². The van der Waals surface area contributed by atoms with E-state index in [0.717, 1.165) is 49.2 Å². The normalized spacial score (nSPS) is 17.9. The van der Waals surface area contributed by atoms with Gasteiger partial charge in [0.25, 0.3) is 5.91 Å². The van der Waals surface area contributed by atoms with E-state index in [1.807, 2.05) is 29.2 Å². The quantitative estimate of drug-likeness (QED) is 0.827. The predicted octanol–water partition coefficient (Wildman–Crippen LogP) is 3.87. The van der Waals surface area contributed by atoms with E-state index in [9.17, 15) is 4.79 Å². The molecule has 0 bridgehead atoms. The lowest BCUT2D eigenvalue weighted by atomic mass is 9.98. The zero-order chi connectivity index (χ0) is 16.9. The molecule has 4 nitrogen and oxygen atoms in total. The number of ether oxygens (including phenoxy) is 1. The molecule has 1 aliphatic heterocycles. The van der Waals surface area contributed by atoms with Gasteiger partial charge in [0, 0.05) is 37.1 Å². The van der Waals surface area contributed by atoms with Crippen LogP contribution in [0.1, 0.15) is 52.3 Å². The van der Waals surface area contributed by atoms with Gasteiger partial charge in [-0.1, -0.05) is 19.1 Å². The highest BCUT2D eigenvalue weighted by atomic mass is 32.1. The van der Waals surface area contributed by atoms with Crippen molar-refractivity contribution in [1.29, 1.82) is 0 Å². The number of piperidine rings is 1. The van der Waals surface area contributed by atoms with Crippen molar-refractivity contribution in [2.75, 3.05) is 20.2 Å². The van der Waals surface area contributed by atoms with E-state index in [4.69, 9.17) is 9.72 Å². The van der Waals surface area contributed by atoms with Crippen molar-refractivity contribution in [2.45, 2.75) is 38.7 Å². The number of aryl methyl sites for hydroxylation is 1. The van der Waals surface area contributed by atoms with Gasteiger partial charge in [0.1, 0.15) is 0 Å². The second-order valence-corrected chi connectivity index (χ2v) is 7.14. The van der Waals surface area contributed by atoms with E-state index in [-0.39, 0.29) is 5.91 Å². The van der Waals surface area contributed by atoms with Crippen LogP contribution in [0.3, 0.4) is 0 Å². The third kappa shape index (κ3) is 3.84. The third-order valence-corrected chi connectivity index (χ3v) is 5.56. The Kier molecular flexibility index (Phi) is 5.63. The number of hydrogen-bond donors (Lipinski definition) is 0. The van der Waals surface area contributed by atoms with E-state index >= 15 is 0 Å². The first-order valence-electron chi connectivity index (χ1n) is 8.52. The molecule has 1 saturated heterocycles. The van der Waals surface area contributed by atoms with Crippen LogP contribution in [-0.4, -0.2) is 36.0 Å². The van der Waals surface area contributed by atoms with Gasteiger partial charge in [-0.25, -0.2) is 4.98 Å². The lowest BCUT2D eigenvalue weighted by Gasteiger charge is -2.32. The van der Waals surface area contributed by atoms with E-state index in [0.29, 0.717) is 12.5 Å². The standard InChI is InChI=1S/C19H24N2O2S/c1-3-17-13-24-18(20-17)16-5-4-10-21(11-16)19(22)15-8-6-14(7-9-15)12-23-2/h6-9,13,16H,3-5,10-12H2,1-2H3/t16-/m0/s1. The molecular weight excluding hydrogens is 320 g/mol. The van der Waals surface area contributed by atoms with E-state index in [1.54, 1.807) is 18.4 Å². The van der Waals surface area contributed by atoms with Crippen molar-refractivity contribution < 1.29 is 9.53 Å². The summed E-state index contributed by atoms with van der Waals surface area (Å²) in [4.78, 5) is 19.5. The van der Waals surface area contributed by atoms with E-state index < -0.39 is 0 Å². The molecule has 0 unspecified atom stereocenters. The van der Waals surface area contributed by atoms with Gasteiger partial charge in [0.15, 0.2) is 0 Å². The Hall–Kier alpha value is -1.72. The summed E-state index contributed by atoms with van der Waals surface area (Å²) in [6.07, 6.45) is 3.13. The number of rotatable bonds is 5. The first-order valence-corrected chi connectivity index (χ1v) is 9.40. The van der Waals surface area contributed by atoms with Crippen LogP contribution in [0.15, 0.2) is 29.6 Å². The maximum absolute atomic E-state index is 12.8. The minimum atomic E-state index is 0.121. The molecule has 128 valence electrons. The monoisotopic (exact) mass is 344 g/mol. The van der Waals surface area contributed by atoms with Crippen molar-refractivity contribution in [1.82, 2.24) is 9.88 Å². The average Bonchev–Trinajstić information content (AvgIpc) is 3.11. The second kappa shape index (κ2) is 7.90. The van der Waals surface area contributed by atoms with E-state index in [2.05, 4.69) is 12.3 Å². The Morgan fingerprint density at radius 1 is 1.38 bits per heavy atom. The molecule has 2 aromatic rings. The highest BCUT2D eigenvalue weighted by Crippen LogP contribution is 2.30. The molecule has 0 spiro atoms. The molecule has 24 heavy (non-hydrogen) atoms. The topological polar surface area (TPSA) is 42.4 Å². The summed E-state index contributed by atoms with van der Waals surface area (Å²) in [6.45, 7) is 4.31. The van der Waals surface area contributed by atoms with Crippen molar-refractivity contribution in [2.24, 2.45) is 0 Å². The number of aromatic nitrogens is 1. The van der Waals surface area contributed by atoms with Gasteiger partial charge in [0.05, 0.1) is 17.3 Å². The zero-order valence-electron chi connectivity index (χ0n) is 14.3. The Balaban J connectivity index is 1.68. The van der Waals surface area contributed by atoms with Crippen LogP contribution in [0.4, 0.5) is 0 Å². The molecule has 1 aromatic carbocycles. The predicted molar refractivity (Wildman–Crippen MR) is 96.5 cm³/mol. The van der Waals surface area contributed by atoms with Crippen LogP contribution in [0, 0.1) is 0 Å². The number of benzene rings is 1. The molecule has 1 aliphatic rings. The van der Waals surface area contributed by atoms with Crippen LogP contribution < -0.4 is 0 Å². The maximum Gasteiger partial charge on any atom is 0.253 e. The smallest absolute Gasteiger partial charge is 0.253 e. The molecule has 1 fully saturated rings. The van der Waals surface area contributed by atoms with Gasteiger partial charge in [-0.3, -0.25) is 4.79 Å². The minimum absolute atomic E-state index is 0.121. The summed E-state index contributed by atoms with van der Waals surface area (Å²) < 4.78 is 5.12. The molecule has 1 amide bonds. The molecule has 1 atom stereocenters. The number of thiazole rings is 1. The lowest BCUT2D eigenvalue weighted by Crippen LogP contribution is -2.39. The third-order valence-electron chi connectivity index (χ3n) is 4.50. The summed E-state index contributed by atoms with van der Waals surface area (Å²) in [6, 6.07) is 7.73. The number of likely N-dealkylation sites (tertiary alicyclic amines) is 1. The number of hydrogen-bond acceptors (Lipinski definition) is 4. The van der Waals surface area contributed by atoms with Crippen LogP contribution in [0.5, 0.6) is 0 Å². The fourth-order valence-electron chi connectivity index (χ4n) is 3.13. The second-order valence-electron chi connectivity index (χ2n) is 6.25. The Morgan fingerprint density at radius 3 is 2.83 bits per heavy atom. The minimum Gasteiger partial charge on any atom is -0.380 e. The molecule has 3 rings (SSSR count). The Bertz CT molecular complexity index is 681. The maximum atomic E-state index is 12.8.